The van der Waals surface area contributed by atoms with Gasteiger partial charge in [0.2, 0.25) is 0 Å². The van der Waals surface area contributed by atoms with E-state index < -0.39 is 0 Å². The van der Waals surface area contributed by atoms with Crippen LogP contribution in [0.5, 0.6) is 0 Å². The van der Waals surface area contributed by atoms with Crippen LogP contribution < -0.4 is 5.73 Å². The number of rotatable bonds is 2. The van der Waals surface area contributed by atoms with Gasteiger partial charge in [-0.1, -0.05) is 6.07 Å². The molecular weight excluding hydrogens is 240 g/mol. The largest absolute Gasteiger partial charge is 0.441 e. The normalized spacial score (nSPS) is 11.4. The molecule has 3 rings (SSSR count). The highest BCUT2D eigenvalue weighted by molar-refractivity contribution is 5.80. The summed E-state index contributed by atoms with van der Waals surface area (Å²) < 4.78 is 7.58. The van der Waals surface area contributed by atoms with E-state index in [4.69, 9.17) is 10.2 Å². The topological polar surface area (TPSA) is 69.9 Å². The lowest BCUT2D eigenvalue weighted by molar-refractivity contribution is 0.561. The Morgan fingerprint density at radius 1 is 1.26 bits per heavy atom. The number of imidazole rings is 1. The number of hydrogen-bond donors (Lipinski definition) is 1. The zero-order chi connectivity index (χ0) is 13.6. The van der Waals surface area contributed by atoms with Crippen molar-refractivity contribution in [1.82, 2.24) is 14.5 Å². The third-order valence-corrected chi connectivity index (χ3v) is 3.40. The molecule has 5 nitrogen and oxygen atoms in total. The van der Waals surface area contributed by atoms with Gasteiger partial charge in [0.1, 0.15) is 11.3 Å². The van der Waals surface area contributed by atoms with Crippen molar-refractivity contribution in [3.05, 3.63) is 35.6 Å². The van der Waals surface area contributed by atoms with Crippen molar-refractivity contribution in [2.75, 3.05) is 0 Å². The summed E-state index contributed by atoms with van der Waals surface area (Å²) in [5.41, 5.74) is 10.4. The highest BCUT2D eigenvalue weighted by Gasteiger charge is 2.14. The van der Waals surface area contributed by atoms with Crippen LogP contribution in [0.2, 0.25) is 0 Å². The number of oxazole rings is 1. The Morgan fingerprint density at radius 3 is 2.79 bits per heavy atom. The monoisotopic (exact) mass is 256 g/mol. The van der Waals surface area contributed by atoms with Crippen LogP contribution in [-0.2, 0) is 13.6 Å². The van der Waals surface area contributed by atoms with Crippen molar-refractivity contribution in [2.24, 2.45) is 12.8 Å². The summed E-state index contributed by atoms with van der Waals surface area (Å²) in [5, 5.41) is 0. The minimum atomic E-state index is 0.458. The van der Waals surface area contributed by atoms with Crippen molar-refractivity contribution in [3.8, 4) is 11.3 Å². The molecule has 19 heavy (non-hydrogen) atoms. The summed E-state index contributed by atoms with van der Waals surface area (Å²) in [6.07, 6.45) is 0. The van der Waals surface area contributed by atoms with Gasteiger partial charge >= 0.3 is 0 Å². The van der Waals surface area contributed by atoms with E-state index in [0.29, 0.717) is 12.4 Å². The first-order valence-corrected chi connectivity index (χ1v) is 6.20. The van der Waals surface area contributed by atoms with Gasteiger partial charge in [0.25, 0.3) is 0 Å². The summed E-state index contributed by atoms with van der Waals surface area (Å²) in [5.74, 6) is 1.62. The van der Waals surface area contributed by atoms with Crippen molar-refractivity contribution in [2.45, 2.75) is 20.4 Å². The Hall–Kier alpha value is -2.14. The van der Waals surface area contributed by atoms with Crippen LogP contribution in [-0.4, -0.2) is 14.5 Å². The second kappa shape index (κ2) is 4.20. The molecule has 1 aromatic carbocycles. The van der Waals surface area contributed by atoms with Gasteiger partial charge in [-0.05, 0) is 19.1 Å². The average molecular weight is 256 g/mol. The van der Waals surface area contributed by atoms with Gasteiger partial charge in [-0.25, -0.2) is 9.97 Å². The maximum absolute atomic E-state index is 5.82. The van der Waals surface area contributed by atoms with Gasteiger partial charge in [0.05, 0.1) is 11.4 Å². The SMILES string of the molecule is Cc1nc2ccc(-c3nc(C)n(C)c3CN)cc2o1. The molecule has 2 aromatic heterocycles. The van der Waals surface area contributed by atoms with E-state index >= 15 is 0 Å². The van der Waals surface area contributed by atoms with E-state index in [1.54, 1.807) is 0 Å². The molecule has 0 aliphatic carbocycles. The van der Waals surface area contributed by atoms with Crippen LogP contribution in [0.3, 0.4) is 0 Å². The molecule has 0 bridgehead atoms. The molecule has 98 valence electrons. The van der Waals surface area contributed by atoms with E-state index in [1.807, 2.05) is 43.7 Å². The quantitative estimate of drug-likeness (QED) is 0.763. The standard InChI is InChI=1S/C14H16N4O/c1-8-16-14(12(7-15)18(8)3)10-4-5-11-13(6-10)19-9(2)17-11/h4-6H,7,15H2,1-3H3. The van der Waals surface area contributed by atoms with Gasteiger partial charge in [-0.2, -0.15) is 0 Å². The summed E-state index contributed by atoms with van der Waals surface area (Å²) in [7, 11) is 1.98. The summed E-state index contributed by atoms with van der Waals surface area (Å²) in [6.45, 7) is 4.27. The zero-order valence-corrected chi connectivity index (χ0v) is 11.3. The minimum Gasteiger partial charge on any atom is -0.441 e. The predicted octanol–water partition coefficient (Wildman–Crippen LogP) is 2.30. The van der Waals surface area contributed by atoms with E-state index in [-0.39, 0.29) is 0 Å². The van der Waals surface area contributed by atoms with Crippen LogP contribution in [0.15, 0.2) is 22.6 Å². The number of benzene rings is 1. The molecule has 0 atom stereocenters. The number of hydrogen-bond acceptors (Lipinski definition) is 4. The van der Waals surface area contributed by atoms with Crippen molar-refractivity contribution in [1.29, 1.82) is 0 Å². The third-order valence-electron chi connectivity index (χ3n) is 3.40. The van der Waals surface area contributed by atoms with Crippen LogP contribution in [0.4, 0.5) is 0 Å². The average Bonchev–Trinajstić information content (AvgIpc) is 2.89. The zero-order valence-electron chi connectivity index (χ0n) is 11.3. The molecule has 2 N–H and O–H groups in total. The van der Waals surface area contributed by atoms with Crippen molar-refractivity contribution < 1.29 is 4.42 Å². The first-order chi connectivity index (χ1) is 9.10. The minimum absolute atomic E-state index is 0.458. The summed E-state index contributed by atoms with van der Waals surface area (Å²) in [4.78, 5) is 8.88. The Balaban J connectivity index is 2.21. The van der Waals surface area contributed by atoms with Gasteiger partial charge < -0.3 is 14.7 Å². The van der Waals surface area contributed by atoms with Crippen LogP contribution >= 0.6 is 0 Å². The molecule has 0 unspecified atom stereocenters. The van der Waals surface area contributed by atoms with Gasteiger partial charge in [0, 0.05) is 26.1 Å². The number of fused-ring (bicyclic) bond motifs is 1. The molecule has 5 heteroatoms. The molecule has 0 aliphatic rings. The van der Waals surface area contributed by atoms with Crippen molar-refractivity contribution in [3.63, 3.8) is 0 Å². The van der Waals surface area contributed by atoms with Gasteiger partial charge in [-0.15, -0.1) is 0 Å². The lowest BCUT2D eigenvalue weighted by Crippen LogP contribution is -2.05. The Morgan fingerprint density at radius 2 is 2.05 bits per heavy atom. The van der Waals surface area contributed by atoms with Crippen LogP contribution in [0.25, 0.3) is 22.4 Å². The smallest absolute Gasteiger partial charge is 0.192 e. The van der Waals surface area contributed by atoms with E-state index in [1.165, 1.54) is 0 Å². The molecule has 0 fully saturated rings. The highest BCUT2D eigenvalue weighted by atomic mass is 16.3. The Bertz CT molecular complexity index is 754. The van der Waals surface area contributed by atoms with Gasteiger partial charge in [0.15, 0.2) is 11.5 Å². The summed E-state index contributed by atoms with van der Waals surface area (Å²) in [6, 6.07) is 5.92. The fourth-order valence-electron chi connectivity index (χ4n) is 2.31. The third kappa shape index (κ3) is 1.82. The molecule has 0 saturated heterocycles. The molecule has 0 aliphatic heterocycles. The number of aryl methyl sites for hydroxylation is 2. The maximum atomic E-state index is 5.82. The fraction of sp³-hybridized carbons (Fsp3) is 0.286. The first-order valence-electron chi connectivity index (χ1n) is 6.20. The molecule has 0 radical (unpaired) electrons. The number of nitrogens with zero attached hydrogens (tertiary/aromatic N) is 3. The lowest BCUT2D eigenvalue weighted by Gasteiger charge is -2.03. The first kappa shape index (κ1) is 11.9. The van der Waals surface area contributed by atoms with E-state index in [0.717, 1.165) is 33.9 Å². The molecule has 3 aromatic rings. The maximum Gasteiger partial charge on any atom is 0.192 e. The molecule has 0 saturated carbocycles. The van der Waals surface area contributed by atoms with Gasteiger partial charge in [-0.3, -0.25) is 0 Å². The molecule has 0 amide bonds. The van der Waals surface area contributed by atoms with E-state index in [2.05, 4.69) is 9.97 Å². The molecule has 0 spiro atoms. The van der Waals surface area contributed by atoms with Crippen LogP contribution in [0, 0.1) is 13.8 Å². The number of aromatic nitrogens is 3. The van der Waals surface area contributed by atoms with Crippen LogP contribution in [0.1, 0.15) is 17.4 Å². The molecular formula is C14H16N4O. The lowest BCUT2D eigenvalue weighted by atomic mass is 10.1. The summed E-state index contributed by atoms with van der Waals surface area (Å²) >= 11 is 0. The van der Waals surface area contributed by atoms with Crippen molar-refractivity contribution >= 4 is 11.1 Å². The Kier molecular flexibility index (Phi) is 2.64. The molecule has 2 heterocycles. The number of nitrogens with two attached hydrogens (primary N) is 1. The highest BCUT2D eigenvalue weighted by Crippen LogP contribution is 2.27. The fourth-order valence-corrected chi connectivity index (χ4v) is 2.31. The second-order valence-corrected chi connectivity index (χ2v) is 4.63. The predicted molar refractivity (Wildman–Crippen MR) is 73.6 cm³/mol. The second-order valence-electron chi connectivity index (χ2n) is 4.63. The van der Waals surface area contributed by atoms with E-state index in [9.17, 15) is 0 Å². The Labute approximate surface area is 111 Å².